The zero-order valence-electron chi connectivity index (χ0n) is 11.8. The molecule has 1 aromatic heterocycles. The fraction of sp³-hybridized carbons (Fsp3) is 0.154. The summed E-state index contributed by atoms with van der Waals surface area (Å²) in [6, 6.07) is 6.78. The molecular formula is C13H12ClN7O. The van der Waals surface area contributed by atoms with Crippen molar-refractivity contribution in [2.75, 3.05) is 19.4 Å². The van der Waals surface area contributed by atoms with Crippen LogP contribution in [0.4, 0.5) is 5.69 Å². The molecule has 2 N–H and O–H groups in total. The molecule has 0 unspecified atom stereocenters. The molecule has 2 rings (SSSR count). The van der Waals surface area contributed by atoms with Gasteiger partial charge in [0.25, 0.3) is 5.91 Å². The first-order valence-corrected chi connectivity index (χ1v) is 6.52. The number of hydrogen-bond acceptors (Lipinski definition) is 6. The molecule has 0 spiro atoms. The minimum Gasteiger partial charge on any atom is -0.360 e. The molecule has 0 fully saturated rings. The summed E-state index contributed by atoms with van der Waals surface area (Å²) in [6.07, 6.45) is 1.39. The van der Waals surface area contributed by atoms with E-state index >= 15 is 0 Å². The quantitative estimate of drug-likeness (QED) is 0.827. The smallest absolute Gasteiger partial charge is 0.255 e. The van der Waals surface area contributed by atoms with E-state index in [-0.39, 0.29) is 17.3 Å². The number of aromatic amines is 1. The number of aromatic nitrogens is 4. The Balaban J connectivity index is 2.35. The highest BCUT2D eigenvalue weighted by molar-refractivity contribution is 6.31. The fourth-order valence-electron chi connectivity index (χ4n) is 1.64. The Kier molecular flexibility index (Phi) is 4.70. The lowest BCUT2D eigenvalue weighted by Gasteiger charge is -2.14. The predicted octanol–water partition coefficient (Wildman–Crippen LogP) is 1.53. The van der Waals surface area contributed by atoms with E-state index in [1.807, 2.05) is 6.07 Å². The maximum atomic E-state index is 12.1. The van der Waals surface area contributed by atoms with Crippen molar-refractivity contribution in [3.8, 4) is 6.07 Å². The summed E-state index contributed by atoms with van der Waals surface area (Å²) in [5, 5.41) is 25.6. The number of rotatable bonds is 4. The summed E-state index contributed by atoms with van der Waals surface area (Å²) < 4.78 is 0. The number of carbonyl (C=O) groups is 1. The van der Waals surface area contributed by atoms with Crippen molar-refractivity contribution in [3.63, 3.8) is 0 Å². The van der Waals surface area contributed by atoms with Gasteiger partial charge in [-0.2, -0.15) is 10.5 Å². The third-order valence-electron chi connectivity index (χ3n) is 2.70. The highest BCUT2D eigenvalue weighted by atomic mass is 35.5. The number of anilines is 1. The number of halogens is 1. The van der Waals surface area contributed by atoms with E-state index in [1.165, 1.54) is 11.1 Å². The van der Waals surface area contributed by atoms with Crippen LogP contribution in [0.15, 0.2) is 24.4 Å². The molecule has 0 saturated carbocycles. The van der Waals surface area contributed by atoms with Crippen molar-refractivity contribution < 1.29 is 4.79 Å². The molecular weight excluding hydrogens is 306 g/mol. The molecule has 22 heavy (non-hydrogen) atoms. The van der Waals surface area contributed by atoms with Crippen LogP contribution in [0.3, 0.4) is 0 Å². The minimum absolute atomic E-state index is 0.150. The van der Waals surface area contributed by atoms with Gasteiger partial charge in [-0.05, 0) is 23.4 Å². The monoisotopic (exact) mass is 317 g/mol. The molecule has 0 bridgehead atoms. The number of amides is 1. The van der Waals surface area contributed by atoms with Gasteiger partial charge in [0.15, 0.2) is 0 Å². The topological polar surface area (TPSA) is 111 Å². The van der Waals surface area contributed by atoms with Crippen molar-refractivity contribution in [2.45, 2.75) is 0 Å². The zero-order valence-corrected chi connectivity index (χ0v) is 12.6. The molecule has 0 aliphatic carbocycles. The molecule has 9 heteroatoms. The van der Waals surface area contributed by atoms with E-state index in [4.69, 9.17) is 16.9 Å². The number of nitriles is 1. The van der Waals surface area contributed by atoms with Gasteiger partial charge in [0.1, 0.15) is 11.6 Å². The first kappa shape index (κ1) is 15.5. The lowest BCUT2D eigenvalue weighted by Crippen LogP contribution is -2.22. The third-order valence-corrected chi connectivity index (χ3v) is 2.93. The Labute approximate surface area is 131 Å². The summed E-state index contributed by atoms with van der Waals surface area (Å²) in [5.74, 6) is -0.0388. The Bertz CT molecular complexity index is 746. The Hall–Kier alpha value is -2.92. The van der Waals surface area contributed by atoms with E-state index in [9.17, 15) is 4.79 Å². The average molecular weight is 318 g/mol. The van der Waals surface area contributed by atoms with E-state index in [0.29, 0.717) is 16.3 Å². The summed E-state index contributed by atoms with van der Waals surface area (Å²) in [6.45, 7) is 0. The van der Waals surface area contributed by atoms with Gasteiger partial charge in [-0.1, -0.05) is 11.6 Å². The van der Waals surface area contributed by atoms with Crippen molar-refractivity contribution in [3.05, 3.63) is 40.8 Å². The van der Waals surface area contributed by atoms with Crippen molar-refractivity contribution in [1.82, 2.24) is 25.5 Å². The summed E-state index contributed by atoms with van der Waals surface area (Å²) in [5.41, 5.74) is 1.07. The number of tetrazole rings is 1. The van der Waals surface area contributed by atoms with Gasteiger partial charge in [-0.25, -0.2) is 0 Å². The van der Waals surface area contributed by atoms with Crippen LogP contribution in [-0.4, -0.2) is 45.5 Å². The highest BCUT2D eigenvalue weighted by Gasteiger charge is 2.14. The molecule has 1 heterocycles. The second-order valence-corrected chi connectivity index (χ2v) is 4.88. The van der Waals surface area contributed by atoms with E-state index in [2.05, 4.69) is 25.9 Å². The van der Waals surface area contributed by atoms with E-state index in [1.54, 1.807) is 32.3 Å². The van der Waals surface area contributed by atoms with Crippen LogP contribution in [0.5, 0.6) is 0 Å². The van der Waals surface area contributed by atoms with Crippen LogP contribution >= 0.6 is 11.6 Å². The highest BCUT2D eigenvalue weighted by Crippen LogP contribution is 2.23. The molecule has 0 atom stereocenters. The normalized spacial score (nSPS) is 10.9. The largest absolute Gasteiger partial charge is 0.360 e. The van der Waals surface area contributed by atoms with Gasteiger partial charge in [-0.3, -0.25) is 4.79 Å². The van der Waals surface area contributed by atoms with Crippen LogP contribution in [0.1, 0.15) is 16.2 Å². The fourth-order valence-corrected chi connectivity index (χ4v) is 1.81. The summed E-state index contributed by atoms with van der Waals surface area (Å²) in [7, 11) is 3.30. The van der Waals surface area contributed by atoms with Gasteiger partial charge >= 0.3 is 0 Å². The third kappa shape index (κ3) is 3.39. The Morgan fingerprint density at radius 2 is 2.27 bits per heavy atom. The first-order valence-electron chi connectivity index (χ1n) is 6.14. The van der Waals surface area contributed by atoms with Crippen LogP contribution in [-0.2, 0) is 0 Å². The van der Waals surface area contributed by atoms with Gasteiger partial charge in [0, 0.05) is 25.3 Å². The average Bonchev–Trinajstić information content (AvgIpc) is 3.01. The molecule has 0 aliphatic heterocycles. The van der Waals surface area contributed by atoms with Crippen LogP contribution in [0, 0.1) is 11.3 Å². The molecule has 112 valence electrons. The first-order chi connectivity index (χ1) is 10.5. The maximum Gasteiger partial charge on any atom is 0.255 e. The van der Waals surface area contributed by atoms with Crippen molar-refractivity contribution in [1.29, 1.82) is 5.26 Å². The van der Waals surface area contributed by atoms with Crippen LogP contribution in [0.2, 0.25) is 5.02 Å². The van der Waals surface area contributed by atoms with Crippen LogP contribution < -0.4 is 5.32 Å². The Morgan fingerprint density at radius 3 is 2.86 bits per heavy atom. The molecule has 2 aromatic rings. The minimum atomic E-state index is -0.189. The predicted molar refractivity (Wildman–Crippen MR) is 80.9 cm³/mol. The number of allylic oxidation sites excluding steroid dienone is 1. The van der Waals surface area contributed by atoms with Gasteiger partial charge < -0.3 is 10.2 Å². The molecule has 0 aliphatic rings. The number of nitrogens with one attached hydrogen (secondary N) is 2. The zero-order chi connectivity index (χ0) is 16.1. The summed E-state index contributed by atoms with van der Waals surface area (Å²) in [4.78, 5) is 13.6. The lowest BCUT2D eigenvalue weighted by molar-refractivity contribution is 0.0828. The number of hydrogen-bond donors (Lipinski definition) is 2. The number of H-pyrrole nitrogens is 1. The maximum absolute atomic E-state index is 12.1. The second-order valence-electron chi connectivity index (χ2n) is 4.44. The summed E-state index contributed by atoms with van der Waals surface area (Å²) >= 11 is 5.96. The van der Waals surface area contributed by atoms with Crippen molar-refractivity contribution >= 4 is 28.8 Å². The molecule has 1 amide bonds. The number of benzene rings is 1. The standard InChI is InChI=1S/C13H12ClN7O/c1-21(2)13(22)10-4-3-9(14)5-11(10)16-7-8(6-15)12-17-19-20-18-12/h3-5,7,16H,1-2H3,(H,17,18,19,20). The van der Waals surface area contributed by atoms with Gasteiger partial charge in [0.2, 0.25) is 5.82 Å². The van der Waals surface area contributed by atoms with E-state index in [0.717, 1.165) is 0 Å². The second kappa shape index (κ2) is 6.69. The van der Waals surface area contributed by atoms with Crippen molar-refractivity contribution in [2.24, 2.45) is 0 Å². The molecule has 0 radical (unpaired) electrons. The SMILES string of the molecule is CN(C)C(=O)c1ccc(Cl)cc1NC=C(C#N)c1nn[nH]n1. The van der Waals surface area contributed by atoms with Crippen LogP contribution in [0.25, 0.3) is 5.57 Å². The van der Waals surface area contributed by atoms with Gasteiger partial charge in [0.05, 0.1) is 11.3 Å². The molecule has 0 saturated heterocycles. The molecule has 1 aromatic carbocycles. The van der Waals surface area contributed by atoms with Gasteiger partial charge in [-0.15, -0.1) is 10.2 Å². The molecule has 8 nitrogen and oxygen atoms in total. The van der Waals surface area contributed by atoms with E-state index < -0.39 is 0 Å². The Morgan fingerprint density at radius 1 is 1.50 bits per heavy atom. The number of nitrogens with zero attached hydrogens (tertiary/aromatic N) is 5. The number of carbonyl (C=O) groups excluding carboxylic acids is 1. The lowest BCUT2D eigenvalue weighted by atomic mass is 10.1.